The fourth-order valence-electron chi connectivity index (χ4n) is 1.07. The second kappa shape index (κ2) is 4.74. The van der Waals surface area contributed by atoms with Crippen molar-refractivity contribution in [3.8, 4) is 0 Å². The van der Waals surface area contributed by atoms with E-state index in [2.05, 4.69) is 15.0 Å². The van der Waals surface area contributed by atoms with E-state index in [-0.39, 0.29) is 0 Å². The van der Waals surface area contributed by atoms with Gasteiger partial charge in [-0.25, -0.2) is 0 Å². The Labute approximate surface area is 93.8 Å². The van der Waals surface area contributed by atoms with Crippen LogP contribution in [0.5, 0.6) is 0 Å². The van der Waals surface area contributed by atoms with E-state index in [1.54, 1.807) is 18.3 Å². The van der Waals surface area contributed by atoms with E-state index in [1.165, 1.54) is 27.2 Å². The molecule has 0 saturated carbocycles. The predicted octanol–water partition coefficient (Wildman–Crippen LogP) is 1.22. The zero-order chi connectivity index (χ0) is 12.2. The summed E-state index contributed by atoms with van der Waals surface area (Å²) < 4.78 is 4.56. The number of carbonyl (C=O) groups is 2. The Balaban J connectivity index is 2.76. The zero-order valence-corrected chi connectivity index (χ0v) is 9.48. The number of ether oxygens (including phenoxy) is 1. The van der Waals surface area contributed by atoms with Gasteiger partial charge in [-0.1, -0.05) is 0 Å². The molecule has 5 heteroatoms. The third-order valence-electron chi connectivity index (χ3n) is 2.18. The molecule has 1 heterocycles. The van der Waals surface area contributed by atoms with Gasteiger partial charge in [-0.05, 0) is 26.0 Å². The van der Waals surface area contributed by atoms with Crippen molar-refractivity contribution in [2.24, 2.45) is 5.41 Å². The monoisotopic (exact) mass is 222 g/mol. The number of anilines is 1. The number of carbonyl (C=O) groups excluding carboxylic acids is 2. The fraction of sp³-hybridized carbons (Fsp3) is 0.364. The minimum Gasteiger partial charge on any atom is -0.468 e. The second-order valence-electron chi connectivity index (χ2n) is 3.81. The molecular formula is C11H14N2O3. The molecule has 0 fully saturated rings. The van der Waals surface area contributed by atoms with Crippen LogP contribution in [0.15, 0.2) is 24.5 Å². The quantitative estimate of drug-likeness (QED) is 0.616. The highest BCUT2D eigenvalue weighted by Crippen LogP contribution is 2.19. The Bertz CT molecular complexity index is 387. The maximum absolute atomic E-state index is 11.8. The summed E-state index contributed by atoms with van der Waals surface area (Å²) in [6.07, 6.45) is 3.10. The molecule has 0 atom stereocenters. The lowest BCUT2D eigenvalue weighted by Crippen LogP contribution is -2.38. The highest BCUT2D eigenvalue weighted by molar-refractivity contribution is 6.08. The number of nitrogens with one attached hydrogen (secondary N) is 1. The lowest BCUT2D eigenvalue weighted by atomic mass is 9.92. The van der Waals surface area contributed by atoms with E-state index in [0.717, 1.165) is 0 Å². The first-order valence-corrected chi connectivity index (χ1v) is 4.78. The molecule has 0 aliphatic carbocycles. The van der Waals surface area contributed by atoms with Gasteiger partial charge in [0.15, 0.2) is 0 Å². The summed E-state index contributed by atoms with van der Waals surface area (Å²) in [6, 6.07) is 3.39. The van der Waals surface area contributed by atoms with Crippen LogP contribution in [0.2, 0.25) is 0 Å². The molecule has 0 radical (unpaired) electrons. The Hall–Kier alpha value is -1.91. The molecule has 1 rings (SSSR count). The molecule has 0 unspecified atom stereocenters. The first kappa shape index (κ1) is 12.2. The van der Waals surface area contributed by atoms with Crippen LogP contribution >= 0.6 is 0 Å². The summed E-state index contributed by atoms with van der Waals surface area (Å²) in [7, 11) is 1.25. The third-order valence-corrected chi connectivity index (χ3v) is 2.18. The van der Waals surface area contributed by atoms with Gasteiger partial charge in [0, 0.05) is 6.20 Å². The summed E-state index contributed by atoms with van der Waals surface area (Å²) in [5.41, 5.74) is -0.672. The summed E-state index contributed by atoms with van der Waals surface area (Å²) in [5.74, 6) is -0.999. The zero-order valence-electron chi connectivity index (χ0n) is 9.48. The van der Waals surface area contributed by atoms with E-state index >= 15 is 0 Å². The maximum atomic E-state index is 11.8. The lowest BCUT2D eigenvalue weighted by molar-refractivity contribution is -0.154. The van der Waals surface area contributed by atoms with Gasteiger partial charge < -0.3 is 10.1 Å². The van der Waals surface area contributed by atoms with Gasteiger partial charge in [0.2, 0.25) is 5.91 Å². The minimum atomic E-state index is -1.22. The van der Waals surface area contributed by atoms with Crippen LogP contribution in [0.3, 0.4) is 0 Å². The van der Waals surface area contributed by atoms with Crippen molar-refractivity contribution in [2.45, 2.75) is 13.8 Å². The van der Waals surface area contributed by atoms with Crippen LogP contribution in [0.4, 0.5) is 5.69 Å². The molecule has 0 spiro atoms. The van der Waals surface area contributed by atoms with Crippen LogP contribution < -0.4 is 5.32 Å². The molecule has 1 aromatic heterocycles. The Morgan fingerprint density at radius 2 is 2.12 bits per heavy atom. The van der Waals surface area contributed by atoms with Gasteiger partial charge in [-0.2, -0.15) is 0 Å². The number of esters is 1. The SMILES string of the molecule is COC(=O)C(C)(C)C(=O)Nc1cccnc1. The molecule has 16 heavy (non-hydrogen) atoms. The van der Waals surface area contributed by atoms with Gasteiger partial charge in [-0.15, -0.1) is 0 Å². The van der Waals surface area contributed by atoms with Crippen LogP contribution in [0.1, 0.15) is 13.8 Å². The normalized spacial score (nSPS) is 10.7. The summed E-state index contributed by atoms with van der Waals surface area (Å²) in [6.45, 7) is 3.01. The molecule has 0 aromatic carbocycles. The van der Waals surface area contributed by atoms with Gasteiger partial charge in [0.25, 0.3) is 0 Å². The van der Waals surface area contributed by atoms with Crippen molar-refractivity contribution in [2.75, 3.05) is 12.4 Å². The Morgan fingerprint density at radius 1 is 1.44 bits per heavy atom. The van der Waals surface area contributed by atoms with Gasteiger partial charge >= 0.3 is 5.97 Å². The highest BCUT2D eigenvalue weighted by atomic mass is 16.5. The third kappa shape index (κ3) is 2.56. The van der Waals surface area contributed by atoms with E-state index < -0.39 is 17.3 Å². The number of aromatic nitrogens is 1. The summed E-state index contributed by atoms with van der Waals surface area (Å²) >= 11 is 0. The molecule has 0 aliphatic heterocycles. The van der Waals surface area contributed by atoms with Crippen molar-refractivity contribution >= 4 is 17.6 Å². The second-order valence-corrected chi connectivity index (χ2v) is 3.81. The number of hydrogen-bond acceptors (Lipinski definition) is 4. The number of pyridine rings is 1. The number of nitrogens with zero attached hydrogens (tertiary/aromatic N) is 1. The highest BCUT2D eigenvalue weighted by Gasteiger charge is 2.37. The maximum Gasteiger partial charge on any atom is 0.320 e. The molecular weight excluding hydrogens is 208 g/mol. The van der Waals surface area contributed by atoms with Crippen LogP contribution in [-0.2, 0) is 14.3 Å². The lowest BCUT2D eigenvalue weighted by Gasteiger charge is -2.20. The molecule has 86 valence electrons. The van der Waals surface area contributed by atoms with Crippen molar-refractivity contribution in [1.29, 1.82) is 0 Å². The molecule has 0 saturated heterocycles. The van der Waals surface area contributed by atoms with Crippen molar-refractivity contribution in [3.05, 3.63) is 24.5 Å². The molecule has 1 N–H and O–H groups in total. The van der Waals surface area contributed by atoms with Crippen LogP contribution in [0, 0.1) is 5.41 Å². The van der Waals surface area contributed by atoms with Gasteiger partial charge in [0.05, 0.1) is 19.0 Å². The van der Waals surface area contributed by atoms with Crippen molar-refractivity contribution in [3.63, 3.8) is 0 Å². The smallest absolute Gasteiger partial charge is 0.320 e. The fourth-order valence-corrected chi connectivity index (χ4v) is 1.07. The van der Waals surface area contributed by atoms with Crippen molar-refractivity contribution < 1.29 is 14.3 Å². The first-order valence-electron chi connectivity index (χ1n) is 4.78. The van der Waals surface area contributed by atoms with Gasteiger partial charge in [0.1, 0.15) is 5.41 Å². The summed E-state index contributed by atoms with van der Waals surface area (Å²) in [5, 5.41) is 2.60. The molecule has 1 amide bonds. The Morgan fingerprint density at radius 3 is 2.62 bits per heavy atom. The molecule has 0 aliphatic rings. The molecule has 0 bridgehead atoms. The first-order chi connectivity index (χ1) is 7.48. The standard InChI is InChI=1S/C11H14N2O3/c1-11(2,10(15)16-3)9(14)13-8-5-4-6-12-7-8/h4-7H,1-3H3,(H,13,14). The topological polar surface area (TPSA) is 68.3 Å². The summed E-state index contributed by atoms with van der Waals surface area (Å²) in [4.78, 5) is 27.0. The minimum absolute atomic E-state index is 0.424. The molecule has 1 aromatic rings. The number of rotatable bonds is 3. The van der Waals surface area contributed by atoms with E-state index in [0.29, 0.717) is 5.69 Å². The Kier molecular flexibility index (Phi) is 3.60. The van der Waals surface area contributed by atoms with Crippen LogP contribution in [0.25, 0.3) is 0 Å². The van der Waals surface area contributed by atoms with E-state index in [9.17, 15) is 9.59 Å². The van der Waals surface area contributed by atoms with E-state index in [4.69, 9.17) is 0 Å². The van der Waals surface area contributed by atoms with Crippen molar-refractivity contribution in [1.82, 2.24) is 4.98 Å². The average Bonchev–Trinajstić information content (AvgIpc) is 2.29. The number of methoxy groups -OCH3 is 1. The largest absolute Gasteiger partial charge is 0.468 e. The van der Waals surface area contributed by atoms with E-state index in [1.807, 2.05) is 0 Å². The predicted molar refractivity (Wildman–Crippen MR) is 58.7 cm³/mol. The van der Waals surface area contributed by atoms with Crippen LogP contribution in [-0.4, -0.2) is 24.0 Å². The number of amides is 1. The average molecular weight is 222 g/mol. The van der Waals surface area contributed by atoms with Gasteiger partial charge in [-0.3, -0.25) is 14.6 Å². The molecule has 5 nitrogen and oxygen atoms in total. The number of hydrogen-bond donors (Lipinski definition) is 1.